The Kier molecular flexibility index (Phi) is 3.83. The van der Waals surface area contributed by atoms with Gasteiger partial charge in [-0.05, 0) is 35.9 Å². The highest BCUT2D eigenvalue weighted by Crippen LogP contribution is 2.46. The van der Waals surface area contributed by atoms with Crippen molar-refractivity contribution in [2.24, 2.45) is 7.05 Å². The van der Waals surface area contributed by atoms with Gasteiger partial charge in [0.25, 0.3) is 0 Å². The molecule has 28 heavy (non-hydrogen) atoms. The summed E-state index contributed by atoms with van der Waals surface area (Å²) in [5, 5.41) is 21.3. The topological polar surface area (TPSA) is 109 Å². The molecule has 11 heteroatoms. The lowest BCUT2D eigenvalue weighted by Crippen LogP contribution is -2.31. The number of hydrogen-bond donors (Lipinski definition) is 0. The first-order valence-electron chi connectivity index (χ1n) is 8.89. The highest BCUT2D eigenvalue weighted by Gasteiger charge is 2.37. The molecule has 4 heterocycles. The van der Waals surface area contributed by atoms with E-state index in [1.54, 1.807) is 15.3 Å². The summed E-state index contributed by atoms with van der Waals surface area (Å²) in [6.45, 7) is 2.47. The van der Waals surface area contributed by atoms with Crippen molar-refractivity contribution in [3.05, 3.63) is 35.1 Å². The van der Waals surface area contributed by atoms with Gasteiger partial charge in [0.15, 0.2) is 17.2 Å². The predicted molar refractivity (Wildman–Crippen MR) is 97.8 cm³/mol. The molecule has 4 aromatic heterocycles. The van der Waals surface area contributed by atoms with Gasteiger partial charge in [0.1, 0.15) is 12.9 Å². The van der Waals surface area contributed by atoms with Crippen molar-refractivity contribution in [1.82, 2.24) is 39.7 Å². The molecular formula is C17H17ClN8O2. The van der Waals surface area contributed by atoms with Crippen LogP contribution in [0, 0.1) is 0 Å². The summed E-state index contributed by atoms with van der Waals surface area (Å²) in [6.07, 6.45) is 4.82. The Morgan fingerprint density at radius 2 is 2.14 bits per heavy atom. The van der Waals surface area contributed by atoms with Crippen LogP contribution in [-0.2, 0) is 19.1 Å². The van der Waals surface area contributed by atoms with Gasteiger partial charge in [0.05, 0.1) is 0 Å². The minimum absolute atomic E-state index is 0.00722. The second-order valence-electron chi connectivity index (χ2n) is 7.18. The maximum Gasteiger partial charge on any atom is 0.236 e. The van der Waals surface area contributed by atoms with E-state index in [9.17, 15) is 0 Å². The summed E-state index contributed by atoms with van der Waals surface area (Å²) in [5.41, 5.74) is 2.09. The summed E-state index contributed by atoms with van der Waals surface area (Å²) in [7, 11) is 1.82. The van der Waals surface area contributed by atoms with Crippen molar-refractivity contribution < 1.29 is 9.26 Å². The second-order valence-corrected chi connectivity index (χ2v) is 7.55. The van der Waals surface area contributed by atoms with Crippen molar-refractivity contribution in [3.63, 3.8) is 0 Å². The number of halogens is 1. The van der Waals surface area contributed by atoms with Crippen molar-refractivity contribution >= 4 is 17.2 Å². The molecule has 0 N–H and O–H groups in total. The number of rotatable bonds is 5. The van der Waals surface area contributed by atoms with E-state index >= 15 is 0 Å². The largest absolute Gasteiger partial charge is 0.468 e. The van der Waals surface area contributed by atoms with Crippen LogP contribution in [-0.4, -0.2) is 39.7 Å². The normalized spacial score (nSPS) is 15.7. The standard InChI is InChI=1S/C17H17ClN8O2/c1-17(4-3-5-17)10-6-13-21-22-15(11-7-12(18)28-24-11)26(13)23-16(10)27-8-14-19-9-20-25(14)2/h6-7,9H,3-5,8H2,1-2H3. The first kappa shape index (κ1) is 17.1. The molecule has 5 rings (SSSR count). The van der Waals surface area contributed by atoms with Crippen LogP contribution in [0.2, 0.25) is 5.22 Å². The summed E-state index contributed by atoms with van der Waals surface area (Å²) in [5.74, 6) is 1.66. The Bertz CT molecular complexity index is 1160. The van der Waals surface area contributed by atoms with Gasteiger partial charge in [0, 0.05) is 18.7 Å². The Morgan fingerprint density at radius 1 is 1.29 bits per heavy atom. The van der Waals surface area contributed by atoms with Crippen LogP contribution in [0.1, 0.15) is 37.6 Å². The maximum atomic E-state index is 6.08. The number of hydrogen-bond acceptors (Lipinski definition) is 8. The van der Waals surface area contributed by atoms with Gasteiger partial charge in [-0.3, -0.25) is 4.68 Å². The molecule has 0 unspecified atom stereocenters. The van der Waals surface area contributed by atoms with Crippen LogP contribution >= 0.6 is 11.6 Å². The van der Waals surface area contributed by atoms with E-state index in [-0.39, 0.29) is 17.2 Å². The lowest BCUT2D eigenvalue weighted by molar-refractivity contribution is 0.231. The SMILES string of the molecule is Cn1ncnc1COc1nn2c(-c3cc(Cl)on3)nnc2cc1C1(C)CCC1. The fraction of sp³-hybridized carbons (Fsp3) is 0.412. The molecule has 1 saturated carbocycles. The third-order valence-corrected chi connectivity index (χ3v) is 5.50. The van der Waals surface area contributed by atoms with Crippen molar-refractivity contribution in [3.8, 4) is 17.4 Å². The minimum atomic E-state index is 0.00722. The first-order valence-corrected chi connectivity index (χ1v) is 9.26. The summed E-state index contributed by atoms with van der Waals surface area (Å²) >= 11 is 5.85. The molecule has 0 spiro atoms. The lowest BCUT2D eigenvalue weighted by Gasteiger charge is -2.39. The molecule has 144 valence electrons. The zero-order valence-electron chi connectivity index (χ0n) is 15.3. The summed E-state index contributed by atoms with van der Waals surface area (Å²) in [4.78, 5) is 4.21. The predicted octanol–water partition coefficient (Wildman–Crippen LogP) is 2.58. The number of nitrogens with zero attached hydrogens (tertiary/aromatic N) is 8. The van der Waals surface area contributed by atoms with E-state index in [0.717, 1.165) is 18.4 Å². The lowest BCUT2D eigenvalue weighted by atomic mass is 9.66. The third kappa shape index (κ3) is 2.71. The van der Waals surface area contributed by atoms with Crippen LogP contribution in [0.15, 0.2) is 23.0 Å². The average molecular weight is 401 g/mol. The van der Waals surface area contributed by atoms with Gasteiger partial charge in [-0.1, -0.05) is 18.5 Å². The number of fused-ring (bicyclic) bond motifs is 1. The van der Waals surface area contributed by atoms with Crippen LogP contribution in [0.3, 0.4) is 0 Å². The number of aromatic nitrogens is 8. The molecule has 0 bridgehead atoms. The third-order valence-electron chi connectivity index (χ3n) is 5.32. The molecule has 0 saturated heterocycles. The van der Waals surface area contributed by atoms with Gasteiger partial charge in [-0.2, -0.15) is 9.61 Å². The maximum absolute atomic E-state index is 6.08. The zero-order chi connectivity index (χ0) is 19.3. The van der Waals surface area contributed by atoms with E-state index in [1.165, 1.54) is 12.7 Å². The molecule has 0 aromatic carbocycles. The number of ether oxygens (including phenoxy) is 1. The van der Waals surface area contributed by atoms with E-state index in [4.69, 9.17) is 20.9 Å². The van der Waals surface area contributed by atoms with Crippen molar-refractivity contribution in [1.29, 1.82) is 0 Å². The van der Waals surface area contributed by atoms with E-state index in [2.05, 4.69) is 37.5 Å². The summed E-state index contributed by atoms with van der Waals surface area (Å²) < 4.78 is 14.3. The fourth-order valence-corrected chi connectivity index (χ4v) is 3.57. The highest BCUT2D eigenvalue weighted by atomic mass is 35.5. The van der Waals surface area contributed by atoms with Crippen LogP contribution < -0.4 is 4.74 Å². The van der Waals surface area contributed by atoms with Gasteiger partial charge >= 0.3 is 0 Å². The van der Waals surface area contributed by atoms with E-state index in [1.807, 2.05) is 13.1 Å². The minimum Gasteiger partial charge on any atom is -0.468 e. The molecule has 10 nitrogen and oxygen atoms in total. The van der Waals surface area contributed by atoms with Gasteiger partial charge < -0.3 is 9.26 Å². The summed E-state index contributed by atoms with van der Waals surface area (Å²) in [6, 6.07) is 3.55. The van der Waals surface area contributed by atoms with E-state index in [0.29, 0.717) is 28.9 Å². The molecule has 0 aliphatic heterocycles. The molecule has 0 radical (unpaired) electrons. The Balaban J connectivity index is 1.60. The zero-order valence-corrected chi connectivity index (χ0v) is 16.1. The molecule has 0 amide bonds. The van der Waals surface area contributed by atoms with Crippen LogP contribution in [0.4, 0.5) is 0 Å². The van der Waals surface area contributed by atoms with Crippen molar-refractivity contribution in [2.75, 3.05) is 0 Å². The molecule has 1 aliphatic carbocycles. The van der Waals surface area contributed by atoms with Crippen LogP contribution in [0.5, 0.6) is 5.88 Å². The highest BCUT2D eigenvalue weighted by molar-refractivity contribution is 6.29. The molecular weight excluding hydrogens is 384 g/mol. The Labute approximate surface area is 164 Å². The van der Waals surface area contributed by atoms with Gasteiger partial charge in [-0.25, -0.2) is 4.98 Å². The first-order chi connectivity index (χ1) is 13.5. The Hall–Kier alpha value is -3.01. The molecule has 1 aliphatic rings. The average Bonchev–Trinajstić information content (AvgIpc) is 3.36. The molecule has 4 aromatic rings. The molecule has 0 atom stereocenters. The Morgan fingerprint density at radius 3 is 2.79 bits per heavy atom. The quantitative estimate of drug-likeness (QED) is 0.502. The fourth-order valence-electron chi connectivity index (χ4n) is 3.43. The smallest absolute Gasteiger partial charge is 0.236 e. The van der Waals surface area contributed by atoms with Gasteiger partial charge in [0.2, 0.25) is 16.9 Å². The number of aryl methyl sites for hydroxylation is 1. The van der Waals surface area contributed by atoms with E-state index < -0.39 is 0 Å². The second kappa shape index (κ2) is 6.26. The molecule has 1 fully saturated rings. The van der Waals surface area contributed by atoms with Gasteiger partial charge in [-0.15, -0.1) is 15.3 Å². The van der Waals surface area contributed by atoms with Crippen LogP contribution in [0.25, 0.3) is 17.2 Å². The monoisotopic (exact) mass is 400 g/mol. The van der Waals surface area contributed by atoms with Crippen molar-refractivity contribution in [2.45, 2.75) is 38.2 Å².